The highest BCUT2D eigenvalue weighted by atomic mass is 19.1. The van der Waals surface area contributed by atoms with Crippen molar-refractivity contribution in [2.24, 2.45) is 5.84 Å². The molecule has 5 N–H and O–H groups in total. The van der Waals surface area contributed by atoms with E-state index in [0.717, 1.165) is 11.3 Å². The number of nitrogens with one attached hydrogen (secondary N) is 1. The van der Waals surface area contributed by atoms with E-state index in [1.54, 1.807) is 7.11 Å². The summed E-state index contributed by atoms with van der Waals surface area (Å²) in [5.41, 5.74) is 10.7. The van der Waals surface area contributed by atoms with Crippen LogP contribution >= 0.6 is 0 Å². The molecule has 0 spiro atoms. The van der Waals surface area contributed by atoms with Crippen molar-refractivity contribution >= 4 is 5.69 Å². The molecule has 2 rings (SSSR count). The van der Waals surface area contributed by atoms with Gasteiger partial charge in [0.05, 0.1) is 13.2 Å². The van der Waals surface area contributed by atoms with Gasteiger partial charge in [0, 0.05) is 5.69 Å². The molecule has 0 saturated carbocycles. The van der Waals surface area contributed by atoms with E-state index in [2.05, 4.69) is 5.43 Å². The van der Waals surface area contributed by atoms with Crippen LogP contribution in [0.2, 0.25) is 0 Å². The monoisotopic (exact) mass is 275 g/mol. The SMILES string of the molecule is COc1ccccc1CC(NN)c1cc(F)ccc1N. The molecule has 0 heterocycles. The molecule has 0 saturated heterocycles. The molecule has 0 aromatic heterocycles. The summed E-state index contributed by atoms with van der Waals surface area (Å²) in [4.78, 5) is 0. The molecule has 0 aliphatic heterocycles. The van der Waals surface area contributed by atoms with E-state index >= 15 is 0 Å². The van der Waals surface area contributed by atoms with Gasteiger partial charge in [0.2, 0.25) is 0 Å². The molecule has 4 nitrogen and oxygen atoms in total. The minimum absolute atomic E-state index is 0.290. The topological polar surface area (TPSA) is 73.3 Å². The average molecular weight is 275 g/mol. The normalized spacial score (nSPS) is 12.2. The van der Waals surface area contributed by atoms with Gasteiger partial charge >= 0.3 is 0 Å². The van der Waals surface area contributed by atoms with Crippen LogP contribution in [0.5, 0.6) is 5.75 Å². The lowest BCUT2D eigenvalue weighted by molar-refractivity contribution is 0.405. The lowest BCUT2D eigenvalue weighted by Gasteiger charge is -2.19. The van der Waals surface area contributed by atoms with Crippen LogP contribution in [0.25, 0.3) is 0 Å². The standard InChI is InChI=1S/C15H18FN3O/c1-20-15-5-3-2-4-10(15)8-14(19-18)12-9-11(16)6-7-13(12)17/h2-7,9,14,19H,8,17-18H2,1H3. The van der Waals surface area contributed by atoms with Gasteiger partial charge in [0.1, 0.15) is 11.6 Å². The predicted octanol–water partition coefficient (Wildman–Crippen LogP) is 2.16. The number of halogens is 1. The van der Waals surface area contributed by atoms with E-state index in [-0.39, 0.29) is 11.9 Å². The number of anilines is 1. The van der Waals surface area contributed by atoms with Gasteiger partial charge in [0.25, 0.3) is 0 Å². The zero-order valence-electron chi connectivity index (χ0n) is 11.3. The summed E-state index contributed by atoms with van der Waals surface area (Å²) < 4.78 is 18.7. The molecule has 2 aromatic rings. The first-order valence-corrected chi connectivity index (χ1v) is 6.28. The van der Waals surface area contributed by atoms with Gasteiger partial charge in [-0.2, -0.15) is 0 Å². The van der Waals surface area contributed by atoms with Crippen LogP contribution in [0.1, 0.15) is 17.2 Å². The van der Waals surface area contributed by atoms with Crippen molar-refractivity contribution in [1.82, 2.24) is 5.43 Å². The molecule has 5 heteroatoms. The Balaban J connectivity index is 2.31. The van der Waals surface area contributed by atoms with Crippen molar-refractivity contribution in [3.63, 3.8) is 0 Å². The Labute approximate surface area is 117 Å². The molecule has 1 unspecified atom stereocenters. The van der Waals surface area contributed by atoms with Gasteiger partial charge in [-0.05, 0) is 41.8 Å². The van der Waals surface area contributed by atoms with E-state index in [1.165, 1.54) is 18.2 Å². The number of hydrogen-bond donors (Lipinski definition) is 3. The van der Waals surface area contributed by atoms with Gasteiger partial charge in [-0.25, -0.2) is 4.39 Å². The smallest absolute Gasteiger partial charge is 0.123 e. The first kappa shape index (κ1) is 14.3. The molecule has 106 valence electrons. The van der Waals surface area contributed by atoms with Crippen molar-refractivity contribution in [1.29, 1.82) is 0 Å². The Bertz CT molecular complexity index is 589. The summed E-state index contributed by atoms with van der Waals surface area (Å²) in [7, 11) is 1.61. The van der Waals surface area contributed by atoms with Crippen LogP contribution < -0.4 is 21.7 Å². The summed E-state index contributed by atoms with van der Waals surface area (Å²) in [6, 6.07) is 11.6. The van der Waals surface area contributed by atoms with Crippen LogP contribution in [0.15, 0.2) is 42.5 Å². The summed E-state index contributed by atoms with van der Waals surface area (Å²) in [5, 5.41) is 0. The van der Waals surface area contributed by atoms with Crippen LogP contribution in [0, 0.1) is 5.82 Å². The Morgan fingerprint density at radius 1 is 1.25 bits per heavy atom. The second kappa shape index (κ2) is 6.36. The summed E-state index contributed by atoms with van der Waals surface area (Å²) >= 11 is 0. The molecule has 0 aliphatic rings. The van der Waals surface area contributed by atoms with Crippen LogP contribution in [0.3, 0.4) is 0 Å². The first-order chi connectivity index (χ1) is 9.65. The number of hydrazine groups is 1. The van der Waals surface area contributed by atoms with E-state index in [1.807, 2.05) is 24.3 Å². The largest absolute Gasteiger partial charge is 0.496 e. The fraction of sp³-hybridized carbons (Fsp3) is 0.200. The fourth-order valence-electron chi connectivity index (χ4n) is 2.20. The maximum absolute atomic E-state index is 13.4. The Hall–Kier alpha value is -2.11. The second-order valence-corrected chi connectivity index (χ2v) is 4.51. The maximum Gasteiger partial charge on any atom is 0.123 e. The highest BCUT2D eigenvalue weighted by Crippen LogP contribution is 2.27. The molecular weight excluding hydrogens is 257 g/mol. The summed E-state index contributed by atoms with van der Waals surface area (Å²) in [6.45, 7) is 0. The number of ether oxygens (including phenoxy) is 1. The summed E-state index contributed by atoms with van der Waals surface area (Å²) in [5.74, 6) is 6.02. The maximum atomic E-state index is 13.4. The van der Waals surface area contributed by atoms with E-state index in [4.69, 9.17) is 16.3 Å². The number of para-hydroxylation sites is 1. The number of methoxy groups -OCH3 is 1. The first-order valence-electron chi connectivity index (χ1n) is 6.28. The molecule has 0 bridgehead atoms. The van der Waals surface area contributed by atoms with Gasteiger partial charge in [-0.15, -0.1) is 0 Å². The van der Waals surface area contributed by atoms with Gasteiger partial charge in [-0.1, -0.05) is 18.2 Å². The number of hydrogen-bond acceptors (Lipinski definition) is 4. The average Bonchev–Trinajstić information content (AvgIpc) is 2.48. The van der Waals surface area contributed by atoms with Gasteiger partial charge < -0.3 is 10.5 Å². The number of rotatable bonds is 5. The zero-order chi connectivity index (χ0) is 14.5. The fourth-order valence-corrected chi connectivity index (χ4v) is 2.20. The highest BCUT2D eigenvalue weighted by Gasteiger charge is 2.16. The molecule has 0 radical (unpaired) electrons. The quantitative estimate of drug-likeness (QED) is 0.444. The van der Waals surface area contributed by atoms with E-state index in [9.17, 15) is 4.39 Å². The van der Waals surface area contributed by atoms with Crippen molar-refractivity contribution < 1.29 is 9.13 Å². The van der Waals surface area contributed by atoms with Crippen LogP contribution in [0.4, 0.5) is 10.1 Å². The molecule has 0 aliphatic carbocycles. The molecule has 2 aromatic carbocycles. The molecule has 0 amide bonds. The number of nitrogens with two attached hydrogens (primary N) is 2. The predicted molar refractivity (Wildman–Crippen MR) is 77.6 cm³/mol. The number of benzene rings is 2. The van der Waals surface area contributed by atoms with E-state index in [0.29, 0.717) is 17.7 Å². The van der Waals surface area contributed by atoms with Crippen molar-refractivity contribution in [2.45, 2.75) is 12.5 Å². The Kier molecular flexibility index (Phi) is 4.55. The second-order valence-electron chi connectivity index (χ2n) is 4.51. The van der Waals surface area contributed by atoms with Crippen LogP contribution in [-0.4, -0.2) is 7.11 Å². The third-order valence-electron chi connectivity index (χ3n) is 3.24. The minimum Gasteiger partial charge on any atom is -0.496 e. The Morgan fingerprint density at radius 3 is 2.70 bits per heavy atom. The lowest BCUT2D eigenvalue weighted by atomic mass is 9.97. The molecule has 20 heavy (non-hydrogen) atoms. The van der Waals surface area contributed by atoms with Crippen molar-refractivity contribution in [2.75, 3.05) is 12.8 Å². The third kappa shape index (κ3) is 3.07. The highest BCUT2D eigenvalue weighted by molar-refractivity contribution is 5.49. The van der Waals surface area contributed by atoms with Gasteiger partial charge in [0.15, 0.2) is 0 Å². The molecular formula is C15H18FN3O. The third-order valence-corrected chi connectivity index (χ3v) is 3.24. The summed E-state index contributed by atoms with van der Waals surface area (Å²) in [6.07, 6.45) is 0.550. The Morgan fingerprint density at radius 2 is 2.00 bits per heavy atom. The van der Waals surface area contributed by atoms with Crippen LogP contribution in [-0.2, 0) is 6.42 Å². The molecule has 0 fully saturated rings. The van der Waals surface area contributed by atoms with Crippen molar-refractivity contribution in [3.8, 4) is 5.75 Å². The molecule has 1 atom stereocenters. The minimum atomic E-state index is -0.338. The number of nitrogen functional groups attached to an aromatic ring is 1. The van der Waals surface area contributed by atoms with E-state index < -0.39 is 0 Å². The zero-order valence-corrected chi connectivity index (χ0v) is 11.3. The van der Waals surface area contributed by atoms with Crippen molar-refractivity contribution in [3.05, 3.63) is 59.4 Å². The van der Waals surface area contributed by atoms with Gasteiger partial charge in [-0.3, -0.25) is 11.3 Å². The lowest BCUT2D eigenvalue weighted by Crippen LogP contribution is -2.30.